The molecule has 2 aromatic rings. The second-order valence-corrected chi connectivity index (χ2v) is 4.90. The Morgan fingerprint density at radius 1 is 1.27 bits per heavy atom. The number of rotatable bonds is 5. The van der Waals surface area contributed by atoms with Crippen LogP contribution >= 0.6 is 11.6 Å². The molecule has 0 atom stereocenters. The summed E-state index contributed by atoms with van der Waals surface area (Å²) in [5, 5.41) is 0.378. The van der Waals surface area contributed by atoms with Crippen molar-refractivity contribution < 1.29 is 23.5 Å². The van der Waals surface area contributed by atoms with E-state index in [-0.39, 0.29) is 17.9 Å². The van der Waals surface area contributed by atoms with E-state index in [9.17, 15) is 9.59 Å². The van der Waals surface area contributed by atoms with Gasteiger partial charge < -0.3 is 19.6 Å². The van der Waals surface area contributed by atoms with Crippen LogP contribution in [0, 0.1) is 6.92 Å². The molecule has 7 heteroatoms. The number of furan rings is 1. The number of hydrogen-bond acceptors (Lipinski definition) is 5. The molecule has 22 heavy (non-hydrogen) atoms. The average molecular weight is 324 g/mol. The van der Waals surface area contributed by atoms with E-state index in [1.807, 2.05) is 0 Å². The Labute approximate surface area is 131 Å². The van der Waals surface area contributed by atoms with E-state index in [1.54, 1.807) is 19.1 Å². The molecule has 0 unspecified atom stereocenters. The van der Waals surface area contributed by atoms with E-state index >= 15 is 0 Å². The highest BCUT2D eigenvalue weighted by Gasteiger charge is 2.16. The zero-order valence-corrected chi connectivity index (χ0v) is 12.8. The van der Waals surface area contributed by atoms with Crippen LogP contribution in [0.15, 0.2) is 28.7 Å². The second-order valence-electron chi connectivity index (χ2n) is 4.47. The summed E-state index contributed by atoms with van der Waals surface area (Å²) in [4.78, 5) is 22.9. The number of amides is 1. The minimum atomic E-state index is -0.650. The third-order valence-corrected chi connectivity index (χ3v) is 3.19. The quantitative estimate of drug-likeness (QED) is 0.854. The summed E-state index contributed by atoms with van der Waals surface area (Å²) in [5.41, 5.74) is 5.77. The van der Waals surface area contributed by atoms with Gasteiger partial charge in [-0.3, -0.25) is 4.79 Å². The predicted octanol–water partition coefficient (Wildman–Crippen LogP) is 2.71. The number of carbonyl (C=O) groups is 2. The molecule has 0 aliphatic heterocycles. The Bertz CT molecular complexity index is 723. The Morgan fingerprint density at radius 3 is 2.64 bits per heavy atom. The van der Waals surface area contributed by atoms with Gasteiger partial charge in [0.25, 0.3) is 5.91 Å². The fourth-order valence-electron chi connectivity index (χ4n) is 1.90. The lowest BCUT2D eigenvalue weighted by molar-refractivity contribution is 0.0598. The fourth-order valence-corrected chi connectivity index (χ4v) is 2.07. The van der Waals surface area contributed by atoms with Gasteiger partial charge in [-0.15, -0.1) is 0 Å². The summed E-state index contributed by atoms with van der Waals surface area (Å²) in [6.45, 7) is 1.67. The van der Waals surface area contributed by atoms with Crippen molar-refractivity contribution in [3.05, 3.63) is 51.9 Å². The molecule has 0 radical (unpaired) electrons. The van der Waals surface area contributed by atoms with Crippen molar-refractivity contribution >= 4 is 23.5 Å². The first-order valence-corrected chi connectivity index (χ1v) is 6.70. The van der Waals surface area contributed by atoms with Gasteiger partial charge in [-0.1, -0.05) is 11.6 Å². The van der Waals surface area contributed by atoms with Crippen LogP contribution < -0.4 is 10.5 Å². The maximum atomic E-state index is 11.5. The second kappa shape index (κ2) is 6.53. The number of benzene rings is 1. The standard InChI is InChI=1S/C15H14ClNO5/c1-8-11(15(19)20-2)6-10(22-8)7-21-13-4-3-9(16)5-12(13)14(17)18/h3-6H,7H2,1-2H3,(H2,17,18). The monoisotopic (exact) mass is 323 g/mol. The molecule has 2 rings (SSSR count). The topological polar surface area (TPSA) is 91.8 Å². The maximum absolute atomic E-state index is 11.5. The summed E-state index contributed by atoms with van der Waals surface area (Å²) in [5.74, 6) is -0.00860. The van der Waals surface area contributed by atoms with Gasteiger partial charge in [-0.25, -0.2) is 4.79 Å². The molecular weight excluding hydrogens is 310 g/mol. The van der Waals surface area contributed by atoms with Crippen LogP contribution in [0.25, 0.3) is 0 Å². The van der Waals surface area contributed by atoms with Crippen molar-refractivity contribution in [1.29, 1.82) is 0 Å². The van der Waals surface area contributed by atoms with E-state index < -0.39 is 11.9 Å². The number of methoxy groups -OCH3 is 1. The Hall–Kier alpha value is -2.47. The van der Waals surface area contributed by atoms with E-state index in [2.05, 4.69) is 4.74 Å². The largest absolute Gasteiger partial charge is 0.485 e. The molecule has 0 saturated heterocycles. The summed E-state index contributed by atoms with van der Waals surface area (Å²) in [6.07, 6.45) is 0. The summed E-state index contributed by atoms with van der Waals surface area (Å²) < 4.78 is 15.6. The number of primary amides is 1. The molecule has 0 spiro atoms. The number of aryl methyl sites for hydroxylation is 1. The van der Waals surface area contributed by atoms with Gasteiger partial charge >= 0.3 is 5.97 Å². The molecule has 0 aliphatic rings. The third-order valence-electron chi connectivity index (χ3n) is 2.95. The number of hydrogen-bond donors (Lipinski definition) is 1. The number of carbonyl (C=O) groups excluding carboxylic acids is 2. The first-order valence-electron chi connectivity index (χ1n) is 6.32. The third kappa shape index (κ3) is 3.40. The zero-order chi connectivity index (χ0) is 16.3. The minimum Gasteiger partial charge on any atom is -0.485 e. The zero-order valence-electron chi connectivity index (χ0n) is 12.0. The molecule has 2 N–H and O–H groups in total. The van der Waals surface area contributed by atoms with Gasteiger partial charge in [0.15, 0.2) is 0 Å². The molecule has 1 aromatic heterocycles. The first-order chi connectivity index (χ1) is 10.4. The van der Waals surface area contributed by atoms with E-state index in [0.29, 0.717) is 22.1 Å². The van der Waals surface area contributed by atoms with Gasteiger partial charge in [-0.2, -0.15) is 0 Å². The molecule has 0 bridgehead atoms. The number of esters is 1. The van der Waals surface area contributed by atoms with Gasteiger partial charge in [0.2, 0.25) is 0 Å². The Balaban J connectivity index is 2.17. The summed E-state index contributed by atoms with van der Waals surface area (Å²) in [7, 11) is 1.29. The van der Waals surface area contributed by atoms with Crippen LogP contribution in [0.2, 0.25) is 5.02 Å². The van der Waals surface area contributed by atoms with E-state index in [0.717, 1.165) is 0 Å². The van der Waals surface area contributed by atoms with Gasteiger partial charge in [0, 0.05) is 5.02 Å². The smallest absolute Gasteiger partial charge is 0.341 e. The lowest BCUT2D eigenvalue weighted by atomic mass is 10.2. The first kappa shape index (κ1) is 15.9. The highest BCUT2D eigenvalue weighted by molar-refractivity contribution is 6.31. The summed E-state index contributed by atoms with van der Waals surface area (Å²) in [6, 6.07) is 6.07. The van der Waals surface area contributed by atoms with E-state index in [1.165, 1.54) is 19.2 Å². The molecule has 1 heterocycles. The van der Waals surface area contributed by atoms with Crippen molar-refractivity contribution in [2.45, 2.75) is 13.5 Å². The van der Waals surface area contributed by atoms with Crippen molar-refractivity contribution in [3.63, 3.8) is 0 Å². The van der Waals surface area contributed by atoms with Gasteiger partial charge in [0.05, 0.1) is 12.7 Å². The van der Waals surface area contributed by atoms with Crippen molar-refractivity contribution in [3.8, 4) is 5.75 Å². The molecule has 6 nitrogen and oxygen atoms in total. The maximum Gasteiger partial charge on any atom is 0.341 e. The summed E-state index contributed by atoms with van der Waals surface area (Å²) >= 11 is 5.82. The molecule has 0 aliphatic carbocycles. The number of halogens is 1. The van der Waals surface area contributed by atoms with Gasteiger partial charge in [0.1, 0.15) is 29.4 Å². The van der Waals surface area contributed by atoms with Crippen LogP contribution in [0.3, 0.4) is 0 Å². The molecule has 0 fully saturated rings. The molecule has 0 saturated carbocycles. The average Bonchev–Trinajstić information content (AvgIpc) is 2.86. The SMILES string of the molecule is COC(=O)c1cc(COc2ccc(Cl)cc2C(N)=O)oc1C. The van der Waals surface area contributed by atoms with Crippen LogP contribution in [0.4, 0.5) is 0 Å². The molecular formula is C15H14ClNO5. The lowest BCUT2D eigenvalue weighted by Crippen LogP contribution is -2.13. The van der Waals surface area contributed by atoms with Crippen LogP contribution in [-0.2, 0) is 11.3 Å². The van der Waals surface area contributed by atoms with E-state index in [4.69, 9.17) is 26.5 Å². The lowest BCUT2D eigenvalue weighted by Gasteiger charge is -2.08. The minimum absolute atomic E-state index is 0.0275. The Kier molecular flexibility index (Phi) is 4.72. The van der Waals surface area contributed by atoms with Crippen molar-refractivity contribution in [1.82, 2.24) is 0 Å². The Morgan fingerprint density at radius 2 is 2.00 bits per heavy atom. The van der Waals surface area contributed by atoms with Crippen molar-refractivity contribution in [2.24, 2.45) is 5.73 Å². The highest BCUT2D eigenvalue weighted by atomic mass is 35.5. The van der Waals surface area contributed by atoms with Crippen LogP contribution in [0.1, 0.15) is 32.2 Å². The predicted molar refractivity (Wildman–Crippen MR) is 79.1 cm³/mol. The molecule has 116 valence electrons. The fraction of sp³-hybridized carbons (Fsp3) is 0.200. The van der Waals surface area contributed by atoms with Gasteiger partial charge in [-0.05, 0) is 31.2 Å². The highest BCUT2D eigenvalue weighted by Crippen LogP contribution is 2.24. The normalized spacial score (nSPS) is 10.3. The van der Waals surface area contributed by atoms with Crippen LogP contribution in [0.5, 0.6) is 5.75 Å². The molecule has 1 aromatic carbocycles. The van der Waals surface area contributed by atoms with Crippen molar-refractivity contribution in [2.75, 3.05) is 7.11 Å². The molecule has 1 amide bonds. The number of nitrogens with two attached hydrogens (primary N) is 1. The number of ether oxygens (including phenoxy) is 2. The van der Waals surface area contributed by atoms with Crippen LogP contribution in [-0.4, -0.2) is 19.0 Å².